The average Bonchev–Trinajstić information content (AvgIpc) is 2.68. The Hall–Kier alpha value is -2.04. The summed E-state index contributed by atoms with van der Waals surface area (Å²) < 4.78 is 27.4. The van der Waals surface area contributed by atoms with E-state index in [9.17, 15) is 23.3 Å². The zero-order valence-electron chi connectivity index (χ0n) is 15.0. The number of piperidine rings is 2. The molecule has 1 unspecified atom stereocenters. The fourth-order valence-electron chi connectivity index (χ4n) is 3.65. The van der Waals surface area contributed by atoms with Gasteiger partial charge in [0.25, 0.3) is 5.69 Å². The topological polar surface area (TPSA) is 127 Å². The molecule has 9 nitrogen and oxygen atoms in total. The van der Waals surface area contributed by atoms with Crippen LogP contribution in [0.1, 0.15) is 32.1 Å². The van der Waals surface area contributed by atoms with Gasteiger partial charge in [0.1, 0.15) is 6.04 Å². The van der Waals surface area contributed by atoms with Crippen molar-refractivity contribution in [2.45, 2.75) is 49.1 Å². The minimum Gasteiger partial charge on any atom is -0.341 e. The van der Waals surface area contributed by atoms with Crippen LogP contribution in [0.4, 0.5) is 5.69 Å². The van der Waals surface area contributed by atoms with E-state index in [4.69, 9.17) is 5.73 Å². The maximum absolute atomic E-state index is 13.1. The lowest BCUT2D eigenvalue weighted by Gasteiger charge is -2.38. The third-order valence-electron chi connectivity index (χ3n) is 5.24. The van der Waals surface area contributed by atoms with Crippen LogP contribution in [0.2, 0.25) is 0 Å². The molecule has 0 spiro atoms. The van der Waals surface area contributed by atoms with Gasteiger partial charge in [-0.05, 0) is 37.8 Å². The fraction of sp³-hybridized carbons (Fsp3) is 0.588. The molecule has 0 aromatic heterocycles. The smallest absolute Gasteiger partial charge is 0.269 e. The number of likely N-dealkylation sites (tertiary alicyclic amines) is 1. The number of hydrogen-bond acceptors (Lipinski definition) is 6. The van der Waals surface area contributed by atoms with Gasteiger partial charge < -0.3 is 10.6 Å². The Bertz CT molecular complexity index is 803. The van der Waals surface area contributed by atoms with Crippen LogP contribution in [0.25, 0.3) is 0 Å². The average molecular weight is 396 g/mol. The number of rotatable bonds is 4. The van der Waals surface area contributed by atoms with E-state index in [0.29, 0.717) is 38.8 Å². The molecule has 1 aromatic carbocycles. The molecule has 2 aliphatic rings. The predicted molar refractivity (Wildman–Crippen MR) is 98.4 cm³/mol. The van der Waals surface area contributed by atoms with Crippen LogP contribution in [-0.4, -0.2) is 60.2 Å². The third kappa shape index (κ3) is 4.12. The normalized spacial score (nSPS) is 22.6. The maximum atomic E-state index is 13.1. The number of carbonyl (C=O) groups excluding carboxylic acids is 1. The van der Waals surface area contributed by atoms with Gasteiger partial charge >= 0.3 is 0 Å². The van der Waals surface area contributed by atoms with Crippen molar-refractivity contribution < 1.29 is 18.1 Å². The van der Waals surface area contributed by atoms with E-state index in [1.54, 1.807) is 4.90 Å². The number of amides is 1. The Morgan fingerprint density at radius 3 is 2.30 bits per heavy atom. The summed E-state index contributed by atoms with van der Waals surface area (Å²) in [6, 6.07) is 4.14. The Labute approximate surface area is 158 Å². The predicted octanol–water partition coefficient (Wildman–Crippen LogP) is 1.09. The summed E-state index contributed by atoms with van der Waals surface area (Å²) in [6.45, 7) is 1.35. The first-order valence-electron chi connectivity index (χ1n) is 9.11. The van der Waals surface area contributed by atoms with Crippen LogP contribution in [-0.2, 0) is 14.8 Å². The van der Waals surface area contributed by atoms with E-state index in [-0.39, 0.29) is 29.1 Å². The van der Waals surface area contributed by atoms with Gasteiger partial charge in [-0.1, -0.05) is 6.42 Å². The zero-order chi connectivity index (χ0) is 19.6. The van der Waals surface area contributed by atoms with Gasteiger partial charge in [0, 0.05) is 37.8 Å². The van der Waals surface area contributed by atoms with Crippen LogP contribution in [0.15, 0.2) is 29.2 Å². The molecule has 1 amide bonds. The summed E-state index contributed by atoms with van der Waals surface area (Å²) in [4.78, 5) is 24.9. The van der Waals surface area contributed by atoms with E-state index in [1.807, 2.05) is 0 Å². The van der Waals surface area contributed by atoms with Crippen molar-refractivity contribution in [1.82, 2.24) is 9.21 Å². The molecule has 10 heteroatoms. The number of nitro groups is 1. The summed E-state index contributed by atoms with van der Waals surface area (Å²) in [5.74, 6) is -0.174. The highest BCUT2D eigenvalue weighted by Gasteiger charge is 2.40. The van der Waals surface area contributed by atoms with E-state index < -0.39 is 21.0 Å². The summed E-state index contributed by atoms with van der Waals surface area (Å²) in [6.07, 6.45) is 3.38. The van der Waals surface area contributed by atoms with Crippen molar-refractivity contribution >= 4 is 21.6 Å². The minimum atomic E-state index is -3.91. The molecular weight excluding hydrogens is 372 g/mol. The number of nitrogens with two attached hydrogens (primary N) is 1. The van der Waals surface area contributed by atoms with Crippen molar-refractivity contribution in [3.05, 3.63) is 34.4 Å². The van der Waals surface area contributed by atoms with Gasteiger partial charge in [0.05, 0.1) is 9.82 Å². The van der Waals surface area contributed by atoms with E-state index >= 15 is 0 Å². The lowest BCUT2D eigenvalue weighted by molar-refractivity contribution is -0.384. The summed E-state index contributed by atoms with van der Waals surface area (Å²) in [7, 11) is -3.91. The van der Waals surface area contributed by atoms with Crippen molar-refractivity contribution in [2.24, 2.45) is 5.73 Å². The maximum Gasteiger partial charge on any atom is 0.269 e. The van der Waals surface area contributed by atoms with Gasteiger partial charge in [0.15, 0.2) is 0 Å². The molecule has 148 valence electrons. The highest BCUT2D eigenvalue weighted by Crippen LogP contribution is 2.28. The number of nitro benzene ring substituents is 1. The number of carbonyl (C=O) groups is 1. The first kappa shape index (κ1) is 19.7. The first-order valence-corrected chi connectivity index (χ1v) is 10.6. The zero-order valence-corrected chi connectivity index (χ0v) is 15.8. The minimum absolute atomic E-state index is 0.0338. The standard InChI is InChI=1S/C17H24N4O5S/c18-13-8-11-19(12-9-13)17(22)16-3-1-2-10-20(16)27(25,26)15-6-4-14(5-7-15)21(23)24/h4-7,13,16H,1-3,8-12,18H2. The molecule has 2 N–H and O–H groups in total. The van der Waals surface area contributed by atoms with Gasteiger partial charge in [0.2, 0.25) is 15.9 Å². The summed E-state index contributed by atoms with van der Waals surface area (Å²) in [5.41, 5.74) is 5.71. The van der Waals surface area contributed by atoms with Crippen LogP contribution < -0.4 is 5.73 Å². The van der Waals surface area contributed by atoms with Crippen LogP contribution >= 0.6 is 0 Å². The summed E-state index contributed by atoms with van der Waals surface area (Å²) >= 11 is 0. The third-order valence-corrected chi connectivity index (χ3v) is 7.17. The quantitative estimate of drug-likeness (QED) is 0.599. The molecule has 0 bridgehead atoms. The monoisotopic (exact) mass is 396 g/mol. The molecule has 27 heavy (non-hydrogen) atoms. The second-order valence-electron chi connectivity index (χ2n) is 7.04. The molecule has 1 atom stereocenters. The largest absolute Gasteiger partial charge is 0.341 e. The van der Waals surface area contributed by atoms with Crippen molar-refractivity contribution in [3.63, 3.8) is 0 Å². The number of benzene rings is 1. The molecule has 3 rings (SSSR count). The second-order valence-corrected chi connectivity index (χ2v) is 8.93. The molecule has 0 radical (unpaired) electrons. The van der Waals surface area contributed by atoms with Crippen molar-refractivity contribution in [1.29, 1.82) is 0 Å². The molecule has 2 heterocycles. The molecule has 2 aliphatic heterocycles. The van der Waals surface area contributed by atoms with E-state index in [0.717, 1.165) is 6.42 Å². The highest BCUT2D eigenvalue weighted by atomic mass is 32.2. The fourth-order valence-corrected chi connectivity index (χ4v) is 5.30. The molecule has 0 saturated carbocycles. The molecular formula is C17H24N4O5S. The molecule has 1 aromatic rings. The summed E-state index contributed by atoms with van der Waals surface area (Å²) in [5, 5.41) is 10.8. The molecule has 2 fully saturated rings. The Balaban J connectivity index is 1.83. The lowest BCUT2D eigenvalue weighted by atomic mass is 10.0. The number of sulfonamides is 1. The van der Waals surface area contributed by atoms with E-state index in [1.165, 1.54) is 28.6 Å². The van der Waals surface area contributed by atoms with Crippen LogP contribution in [0.3, 0.4) is 0 Å². The van der Waals surface area contributed by atoms with Crippen molar-refractivity contribution in [3.8, 4) is 0 Å². The van der Waals surface area contributed by atoms with Crippen LogP contribution in [0, 0.1) is 10.1 Å². The Morgan fingerprint density at radius 1 is 1.07 bits per heavy atom. The number of non-ortho nitro benzene ring substituents is 1. The van der Waals surface area contributed by atoms with Gasteiger partial charge in [-0.25, -0.2) is 8.42 Å². The van der Waals surface area contributed by atoms with Gasteiger partial charge in [-0.2, -0.15) is 4.31 Å². The van der Waals surface area contributed by atoms with Gasteiger partial charge in [-0.3, -0.25) is 14.9 Å². The van der Waals surface area contributed by atoms with E-state index in [2.05, 4.69) is 0 Å². The Kier molecular flexibility index (Phi) is 5.78. The van der Waals surface area contributed by atoms with Crippen LogP contribution in [0.5, 0.6) is 0 Å². The highest BCUT2D eigenvalue weighted by molar-refractivity contribution is 7.89. The SMILES string of the molecule is NC1CCN(C(=O)C2CCCCN2S(=O)(=O)c2ccc([N+](=O)[O-])cc2)CC1. The molecule has 0 aliphatic carbocycles. The lowest BCUT2D eigenvalue weighted by Crippen LogP contribution is -2.55. The number of nitrogens with zero attached hydrogens (tertiary/aromatic N) is 3. The second kappa shape index (κ2) is 7.91. The van der Waals surface area contributed by atoms with Gasteiger partial charge in [-0.15, -0.1) is 0 Å². The van der Waals surface area contributed by atoms with Crippen molar-refractivity contribution in [2.75, 3.05) is 19.6 Å². The first-order chi connectivity index (χ1) is 12.8. The molecule has 2 saturated heterocycles. The Morgan fingerprint density at radius 2 is 1.70 bits per heavy atom. The number of hydrogen-bond donors (Lipinski definition) is 1.